The zero-order valence-electron chi connectivity index (χ0n) is 5.87. The summed E-state index contributed by atoms with van der Waals surface area (Å²) in [5.74, 6) is -0.221. The molecule has 0 aliphatic carbocycles. The van der Waals surface area contributed by atoms with Crippen LogP contribution in [-0.4, -0.2) is 16.3 Å². The van der Waals surface area contributed by atoms with Gasteiger partial charge in [-0.25, -0.2) is 4.98 Å². The molecule has 60 valence electrons. The Kier molecular flexibility index (Phi) is 2.84. The summed E-state index contributed by atoms with van der Waals surface area (Å²) in [6.07, 6.45) is 1.62. The fraction of sp³-hybridized carbons (Fsp3) is 0.333. The quantitative estimate of drug-likeness (QED) is 0.722. The van der Waals surface area contributed by atoms with Crippen LogP contribution in [0.2, 0.25) is 0 Å². The predicted molar refractivity (Wildman–Crippen MR) is 46.1 cm³/mol. The minimum absolute atomic E-state index is 0.221. The van der Waals surface area contributed by atoms with Crippen LogP contribution in [0.5, 0.6) is 0 Å². The molecule has 0 aliphatic heterocycles. The van der Waals surface area contributed by atoms with Gasteiger partial charge in [-0.15, -0.1) is 22.9 Å². The van der Waals surface area contributed by atoms with Crippen molar-refractivity contribution in [2.75, 3.05) is 5.32 Å². The van der Waals surface area contributed by atoms with E-state index in [0.29, 0.717) is 5.13 Å². The maximum absolute atomic E-state index is 10.9. The number of hydrogen-bond acceptors (Lipinski definition) is 3. The molecule has 0 fully saturated rings. The standard InChI is InChI=1S/C6H7ClN2OS/c1-4(7)5(10)9-6-8-2-3-11-6/h2-4H,1H3,(H,8,9,10)/t4-/m0/s1. The third-order valence-electron chi connectivity index (χ3n) is 1.02. The maximum Gasteiger partial charge on any atom is 0.243 e. The van der Waals surface area contributed by atoms with E-state index < -0.39 is 5.38 Å². The minimum Gasteiger partial charge on any atom is -0.301 e. The van der Waals surface area contributed by atoms with E-state index in [9.17, 15) is 4.79 Å². The van der Waals surface area contributed by atoms with Gasteiger partial charge in [0, 0.05) is 11.6 Å². The summed E-state index contributed by atoms with van der Waals surface area (Å²) in [5.41, 5.74) is 0. The molecular weight excluding hydrogens is 184 g/mol. The first-order chi connectivity index (χ1) is 5.20. The largest absolute Gasteiger partial charge is 0.301 e. The van der Waals surface area contributed by atoms with E-state index in [4.69, 9.17) is 11.6 Å². The molecule has 0 unspecified atom stereocenters. The number of rotatable bonds is 2. The lowest BCUT2D eigenvalue weighted by atomic mass is 10.4. The fourth-order valence-electron chi connectivity index (χ4n) is 0.490. The summed E-state index contributed by atoms with van der Waals surface area (Å²) in [6.45, 7) is 1.62. The van der Waals surface area contributed by atoms with Crippen molar-refractivity contribution < 1.29 is 4.79 Å². The first-order valence-corrected chi connectivity index (χ1v) is 4.36. The lowest BCUT2D eigenvalue weighted by Crippen LogP contribution is -2.19. The molecule has 1 N–H and O–H groups in total. The van der Waals surface area contributed by atoms with Gasteiger partial charge in [-0.05, 0) is 6.92 Å². The van der Waals surface area contributed by atoms with Crippen LogP contribution < -0.4 is 5.32 Å². The van der Waals surface area contributed by atoms with Gasteiger partial charge in [-0.2, -0.15) is 0 Å². The molecule has 0 saturated heterocycles. The SMILES string of the molecule is C[C@H](Cl)C(=O)Nc1nccs1. The van der Waals surface area contributed by atoms with Crippen molar-refractivity contribution in [3.8, 4) is 0 Å². The fourth-order valence-corrected chi connectivity index (χ4v) is 1.08. The Bertz CT molecular complexity index is 235. The normalized spacial score (nSPS) is 12.5. The predicted octanol–water partition coefficient (Wildman–Crippen LogP) is 1.71. The highest BCUT2D eigenvalue weighted by molar-refractivity contribution is 7.13. The molecule has 1 amide bonds. The molecule has 1 aromatic heterocycles. The number of alkyl halides is 1. The molecule has 0 bridgehead atoms. The summed E-state index contributed by atoms with van der Waals surface area (Å²) < 4.78 is 0. The van der Waals surface area contributed by atoms with E-state index in [-0.39, 0.29) is 5.91 Å². The van der Waals surface area contributed by atoms with Crippen molar-refractivity contribution in [1.29, 1.82) is 0 Å². The molecule has 11 heavy (non-hydrogen) atoms. The van der Waals surface area contributed by atoms with Gasteiger partial charge in [0.25, 0.3) is 0 Å². The third kappa shape index (κ3) is 2.48. The molecule has 3 nitrogen and oxygen atoms in total. The first kappa shape index (κ1) is 8.49. The van der Waals surface area contributed by atoms with Gasteiger partial charge in [0.1, 0.15) is 5.38 Å². The van der Waals surface area contributed by atoms with Crippen molar-refractivity contribution in [2.24, 2.45) is 0 Å². The summed E-state index contributed by atoms with van der Waals surface area (Å²) in [5, 5.41) is 4.41. The van der Waals surface area contributed by atoms with Crippen molar-refractivity contribution in [1.82, 2.24) is 4.98 Å². The molecule has 0 aromatic carbocycles. The van der Waals surface area contributed by atoms with Gasteiger partial charge in [0.2, 0.25) is 5.91 Å². The van der Waals surface area contributed by atoms with Gasteiger partial charge in [-0.1, -0.05) is 0 Å². The average Bonchev–Trinajstić information content (AvgIpc) is 2.39. The number of carbonyl (C=O) groups excluding carboxylic acids is 1. The lowest BCUT2D eigenvalue weighted by Gasteiger charge is -2.00. The van der Waals surface area contributed by atoms with Crippen molar-refractivity contribution in [3.63, 3.8) is 0 Å². The Morgan fingerprint density at radius 3 is 3.09 bits per heavy atom. The summed E-state index contributed by atoms with van der Waals surface area (Å²) in [4.78, 5) is 14.8. The van der Waals surface area contributed by atoms with E-state index >= 15 is 0 Å². The number of hydrogen-bond donors (Lipinski definition) is 1. The van der Waals surface area contributed by atoms with Crippen molar-refractivity contribution in [2.45, 2.75) is 12.3 Å². The summed E-state index contributed by atoms with van der Waals surface area (Å²) >= 11 is 6.88. The zero-order chi connectivity index (χ0) is 8.27. The van der Waals surface area contributed by atoms with E-state index in [1.54, 1.807) is 18.5 Å². The minimum atomic E-state index is -0.515. The Morgan fingerprint density at radius 2 is 2.64 bits per heavy atom. The van der Waals surface area contributed by atoms with Crippen LogP contribution in [0.1, 0.15) is 6.92 Å². The van der Waals surface area contributed by atoms with Gasteiger partial charge in [-0.3, -0.25) is 4.79 Å². The highest BCUT2D eigenvalue weighted by Gasteiger charge is 2.09. The van der Waals surface area contributed by atoms with E-state index in [0.717, 1.165) is 0 Å². The molecule has 1 rings (SSSR count). The second-order valence-corrected chi connectivity index (χ2v) is 3.49. The molecular formula is C6H7ClN2OS. The van der Waals surface area contributed by atoms with Crippen LogP contribution in [0.4, 0.5) is 5.13 Å². The molecule has 0 radical (unpaired) electrons. The average molecular weight is 191 g/mol. The number of aromatic nitrogens is 1. The van der Waals surface area contributed by atoms with Crippen LogP contribution in [0.3, 0.4) is 0 Å². The number of nitrogens with one attached hydrogen (secondary N) is 1. The number of carbonyl (C=O) groups is 1. The third-order valence-corrected chi connectivity index (χ3v) is 1.91. The molecule has 1 aromatic rings. The Hall–Kier alpha value is -0.610. The van der Waals surface area contributed by atoms with E-state index in [2.05, 4.69) is 10.3 Å². The van der Waals surface area contributed by atoms with Gasteiger partial charge < -0.3 is 5.32 Å². The van der Waals surface area contributed by atoms with E-state index in [1.807, 2.05) is 0 Å². The molecule has 5 heteroatoms. The van der Waals surface area contributed by atoms with Crippen LogP contribution in [0.15, 0.2) is 11.6 Å². The van der Waals surface area contributed by atoms with Crippen LogP contribution in [-0.2, 0) is 4.79 Å². The summed E-state index contributed by atoms with van der Waals surface area (Å²) in [6, 6.07) is 0. The van der Waals surface area contributed by atoms with Crippen LogP contribution in [0.25, 0.3) is 0 Å². The summed E-state index contributed by atoms with van der Waals surface area (Å²) in [7, 11) is 0. The molecule has 0 aliphatic rings. The molecule has 1 heterocycles. The Morgan fingerprint density at radius 1 is 1.91 bits per heavy atom. The highest BCUT2D eigenvalue weighted by Crippen LogP contribution is 2.11. The van der Waals surface area contributed by atoms with Gasteiger partial charge >= 0.3 is 0 Å². The molecule has 0 saturated carbocycles. The topological polar surface area (TPSA) is 42.0 Å². The second-order valence-electron chi connectivity index (χ2n) is 1.94. The second kappa shape index (κ2) is 3.69. The van der Waals surface area contributed by atoms with E-state index in [1.165, 1.54) is 11.3 Å². The van der Waals surface area contributed by atoms with Crippen LogP contribution in [0, 0.1) is 0 Å². The van der Waals surface area contributed by atoms with Crippen molar-refractivity contribution >= 4 is 34.0 Å². The Labute approximate surface area is 73.4 Å². The number of nitrogens with zero attached hydrogens (tertiary/aromatic N) is 1. The zero-order valence-corrected chi connectivity index (χ0v) is 7.45. The van der Waals surface area contributed by atoms with Gasteiger partial charge in [0.05, 0.1) is 0 Å². The number of anilines is 1. The monoisotopic (exact) mass is 190 g/mol. The number of thiazole rings is 1. The maximum atomic E-state index is 10.9. The smallest absolute Gasteiger partial charge is 0.243 e. The van der Waals surface area contributed by atoms with Gasteiger partial charge in [0.15, 0.2) is 5.13 Å². The van der Waals surface area contributed by atoms with Crippen LogP contribution >= 0.6 is 22.9 Å². The molecule has 0 spiro atoms. The number of halogens is 1. The van der Waals surface area contributed by atoms with Crippen molar-refractivity contribution in [3.05, 3.63) is 11.6 Å². The number of amides is 1. The lowest BCUT2D eigenvalue weighted by molar-refractivity contribution is -0.115. The first-order valence-electron chi connectivity index (χ1n) is 3.04. The highest BCUT2D eigenvalue weighted by atomic mass is 35.5. The Balaban J connectivity index is 2.50. The molecule has 1 atom stereocenters.